The van der Waals surface area contributed by atoms with Gasteiger partial charge in [-0.05, 0) is 36.2 Å². The lowest BCUT2D eigenvalue weighted by Gasteiger charge is -2.08. The van der Waals surface area contributed by atoms with Crippen molar-refractivity contribution < 1.29 is 4.39 Å². The Balaban J connectivity index is 2.23. The number of hydrogen-bond donors (Lipinski definition) is 2. The number of anilines is 3. The number of rotatable bonds is 5. The second-order valence-corrected chi connectivity index (χ2v) is 4.45. The average molecular weight is 307 g/mol. The van der Waals surface area contributed by atoms with E-state index >= 15 is 0 Å². The van der Waals surface area contributed by atoms with Gasteiger partial charge in [0, 0.05) is 12.2 Å². The SMILES string of the molecule is CCCNc1nc(Cl)nc(Nc2ccc(F)c(C#N)c2)n1. The lowest BCUT2D eigenvalue weighted by Crippen LogP contribution is -2.08. The van der Waals surface area contributed by atoms with Gasteiger partial charge in [-0.1, -0.05) is 6.92 Å². The first-order valence-corrected chi connectivity index (χ1v) is 6.62. The van der Waals surface area contributed by atoms with Crippen LogP contribution in [0.25, 0.3) is 0 Å². The second kappa shape index (κ2) is 6.81. The van der Waals surface area contributed by atoms with Crippen LogP contribution >= 0.6 is 11.6 Å². The van der Waals surface area contributed by atoms with E-state index in [4.69, 9.17) is 16.9 Å². The monoisotopic (exact) mass is 306 g/mol. The van der Waals surface area contributed by atoms with Gasteiger partial charge in [0.2, 0.25) is 17.2 Å². The van der Waals surface area contributed by atoms with Crippen molar-refractivity contribution in [3.05, 3.63) is 34.9 Å². The zero-order chi connectivity index (χ0) is 15.2. The molecule has 2 N–H and O–H groups in total. The molecule has 1 aromatic heterocycles. The van der Waals surface area contributed by atoms with Gasteiger partial charge in [0.05, 0.1) is 5.56 Å². The third-order valence-electron chi connectivity index (χ3n) is 2.48. The van der Waals surface area contributed by atoms with Crippen molar-refractivity contribution in [1.29, 1.82) is 5.26 Å². The fraction of sp³-hybridized carbons (Fsp3) is 0.231. The highest BCUT2D eigenvalue weighted by Crippen LogP contribution is 2.18. The van der Waals surface area contributed by atoms with E-state index in [-0.39, 0.29) is 16.8 Å². The molecule has 21 heavy (non-hydrogen) atoms. The van der Waals surface area contributed by atoms with Crippen molar-refractivity contribution >= 4 is 29.2 Å². The van der Waals surface area contributed by atoms with Crippen LogP contribution in [0.15, 0.2) is 18.2 Å². The van der Waals surface area contributed by atoms with Crippen LogP contribution in [0, 0.1) is 17.1 Å². The minimum atomic E-state index is -0.581. The van der Waals surface area contributed by atoms with Gasteiger partial charge in [0.25, 0.3) is 0 Å². The zero-order valence-electron chi connectivity index (χ0n) is 11.2. The van der Waals surface area contributed by atoms with Crippen LogP contribution in [0.3, 0.4) is 0 Å². The Bertz CT molecular complexity index is 685. The number of hydrogen-bond acceptors (Lipinski definition) is 6. The predicted molar refractivity (Wildman–Crippen MR) is 78.0 cm³/mol. The molecule has 0 aliphatic carbocycles. The Kier molecular flexibility index (Phi) is 4.85. The van der Waals surface area contributed by atoms with Crippen molar-refractivity contribution in [2.24, 2.45) is 0 Å². The first kappa shape index (κ1) is 14.9. The molecule has 0 fully saturated rings. The van der Waals surface area contributed by atoms with Crippen molar-refractivity contribution in [2.45, 2.75) is 13.3 Å². The normalized spacial score (nSPS) is 10.0. The molecule has 0 spiro atoms. The largest absolute Gasteiger partial charge is 0.354 e. The summed E-state index contributed by atoms with van der Waals surface area (Å²) in [6.45, 7) is 2.71. The molecule has 0 saturated heterocycles. The number of aromatic nitrogens is 3. The molecule has 2 aromatic rings. The molecular formula is C13H12ClFN6. The van der Waals surface area contributed by atoms with E-state index in [1.54, 1.807) is 6.07 Å². The maximum atomic E-state index is 13.3. The topological polar surface area (TPSA) is 86.5 Å². The molecule has 2 rings (SSSR count). The Morgan fingerprint density at radius 2 is 2.05 bits per heavy atom. The number of halogens is 2. The molecule has 6 nitrogen and oxygen atoms in total. The van der Waals surface area contributed by atoms with Crippen molar-refractivity contribution in [3.8, 4) is 6.07 Å². The summed E-state index contributed by atoms with van der Waals surface area (Å²) in [7, 11) is 0. The summed E-state index contributed by atoms with van der Waals surface area (Å²) < 4.78 is 13.3. The lowest BCUT2D eigenvalue weighted by atomic mass is 10.2. The minimum Gasteiger partial charge on any atom is -0.354 e. The lowest BCUT2D eigenvalue weighted by molar-refractivity contribution is 0.624. The van der Waals surface area contributed by atoms with Gasteiger partial charge in [-0.3, -0.25) is 0 Å². The van der Waals surface area contributed by atoms with E-state index in [0.29, 0.717) is 18.2 Å². The highest BCUT2D eigenvalue weighted by atomic mass is 35.5. The van der Waals surface area contributed by atoms with E-state index in [9.17, 15) is 4.39 Å². The molecule has 0 aliphatic rings. The maximum Gasteiger partial charge on any atom is 0.233 e. The molecule has 1 aromatic carbocycles. The molecule has 0 aliphatic heterocycles. The van der Waals surface area contributed by atoms with Crippen molar-refractivity contribution in [3.63, 3.8) is 0 Å². The van der Waals surface area contributed by atoms with Crippen LogP contribution < -0.4 is 10.6 Å². The third-order valence-corrected chi connectivity index (χ3v) is 2.65. The summed E-state index contributed by atoms with van der Waals surface area (Å²) >= 11 is 5.82. The molecule has 0 bridgehead atoms. The number of nitriles is 1. The van der Waals surface area contributed by atoms with Gasteiger partial charge in [0.1, 0.15) is 11.9 Å². The van der Waals surface area contributed by atoms with Gasteiger partial charge >= 0.3 is 0 Å². The summed E-state index contributed by atoms with van der Waals surface area (Å²) in [5.74, 6) is -0.0203. The molecule has 1 heterocycles. The summed E-state index contributed by atoms with van der Waals surface area (Å²) in [5, 5.41) is 14.7. The third kappa shape index (κ3) is 4.00. The van der Waals surface area contributed by atoms with E-state index in [1.165, 1.54) is 18.2 Å². The van der Waals surface area contributed by atoms with Gasteiger partial charge in [-0.2, -0.15) is 20.2 Å². The second-order valence-electron chi connectivity index (χ2n) is 4.11. The number of nitrogens with zero attached hydrogens (tertiary/aromatic N) is 4. The van der Waals surface area contributed by atoms with Gasteiger partial charge in [-0.15, -0.1) is 0 Å². The molecule has 108 valence electrons. The molecule has 8 heteroatoms. The van der Waals surface area contributed by atoms with Gasteiger partial charge in [0.15, 0.2) is 0 Å². The van der Waals surface area contributed by atoms with Crippen LogP contribution in [0.2, 0.25) is 5.28 Å². The molecule has 0 saturated carbocycles. The van der Waals surface area contributed by atoms with Crippen molar-refractivity contribution in [2.75, 3.05) is 17.2 Å². The molecule has 0 radical (unpaired) electrons. The zero-order valence-corrected chi connectivity index (χ0v) is 11.9. The van der Waals surface area contributed by atoms with Crippen molar-refractivity contribution in [1.82, 2.24) is 15.0 Å². The molecule has 0 atom stereocenters. The van der Waals surface area contributed by atoms with Crippen LogP contribution in [0.1, 0.15) is 18.9 Å². The average Bonchev–Trinajstić information content (AvgIpc) is 2.46. The van der Waals surface area contributed by atoms with Crippen LogP contribution in [0.5, 0.6) is 0 Å². The quantitative estimate of drug-likeness (QED) is 0.882. The van der Waals surface area contributed by atoms with E-state index < -0.39 is 5.82 Å². The molecule has 0 amide bonds. The fourth-order valence-electron chi connectivity index (χ4n) is 1.54. The van der Waals surface area contributed by atoms with E-state index in [0.717, 1.165) is 6.42 Å². The Labute approximate surface area is 126 Å². The molecule has 0 unspecified atom stereocenters. The number of benzene rings is 1. The highest BCUT2D eigenvalue weighted by Gasteiger charge is 2.07. The van der Waals surface area contributed by atoms with Crippen LogP contribution in [-0.4, -0.2) is 21.5 Å². The Morgan fingerprint density at radius 1 is 1.29 bits per heavy atom. The van der Waals surface area contributed by atoms with E-state index in [2.05, 4.69) is 25.6 Å². The van der Waals surface area contributed by atoms with Gasteiger partial charge < -0.3 is 10.6 Å². The standard InChI is InChI=1S/C13H12ClFN6/c1-2-5-17-12-19-11(14)20-13(21-12)18-9-3-4-10(15)8(6-9)7-16/h3-4,6H,2,5H2,1H3,(H2,17,18,19,20,21). The van der Waals surface area contributed by atoms with Crippen LogP contribution in [-0.2, 0) is 0 Å². The number of nitrogens with one attached hydrogen (secondary N) is 2. The van der Waals surface area contributed by atoms with E-state index in [1.807, 2.05) is 6.92 Å². The summed E-state index contributed by atoms with van der Waals surface area (Å²) in [6.07, 6.45) is 0.912. The predicted octanol–water partition coefficient (Wildman–Crippen LogP) is 3.10. The maximum absolute atomic E-state index is 13.3. The minimum absolute atomic E-state index is 0.0359. The highest BCUT2D eigenvalue weighted by molar-refractivity contribution is 6.28. The van der Waals surface area contributed by atoms with Crippen LogP contribution in [0.4, 0.5) is 22.0 Å². The Morgan fingerprint density at radius 3 is 2.76 bits per heavy atom. The summed E-state index contributed by atoms with van der Waals surface area (Å²) in [6, 6.07) is 5.81. The summed E-state index contributed by atoms with van der Waals surface area (Å²) in [4.78, 5) is 12.0. The van der Waals surface area contributed by atoms with Gasteiger partial charge in [-0.25, -0.2) is 4.39 Å². The summed E-state index contributed by atoms with van der Waals surface area (Å²) in [5.41, 5.74) is 0.418. The first-order chi connectivity index (χ1) is 10.1. The fourth-order valence-corrected chi connectivity index (χ4v) is 1.70. The first-order valence-electron chi connectivity index (χ1n) is 6.24. The Hall–Kier alpha value is -2.46. The molecular weight excluding hydrogens is 295 g/mol. The smallest absolute Gasteiger partial charge is 0.233 e.